The van der Waals surface area contributed by atoms with Crippen molar-refractivity contribution >= 4 is 27.3 Å². The smallest absolute Gasteiger partial charge is 0.335 e. The summed E-state index contributed by atoms with van der Waals surface area (Å²) < 4.78 is 22.3. The number of sulfonamides is 1. The Kier molecular flexibility index (Phi) is 3.20. The zero-order valence-electron chi connectivity index (χ0n) is 9.03. The molecule has 2 rings (SSSR count). The fourth-order valence-corrected chi connectivity index (χ4v) is 3.16. The highest BCUT2D eigenvalue weighted by Gasteiger charge is 2.13. The Morgan fingerprint density at radius 1 is 1.22 bits per heavy atom. The van der Waals surface area contributed by atoms with Gasteiger partial charge in [-0.1, -0.05) is 12.1 Å². The molecule has 7 heteroatoms. The Morgan fingerprint density at radius 2 is 1.94 bits per heavy atom. The van der Waals surface area contributed by atoms with Gasteiger partial charge in [0.2, 0.25) is 10.0 Å². The Bertz CT molecular complexity index is 703. The fraction of sp³-hybridized carbons (Fsp3) is 0. The topological polar surface area (TPSA) is 97.5 Å². The van der Waals surface area contributed by atoms with E-state index in [1.165, 1.54) is 18.2 Å². The second-order valence-electron chi connectivity index (χ2n) is 3.55. The number of primary sulfonamides is 1. The van der Waals surface area contributed by atoms with Crippen LogP contribution in [-0.2, 0) is 10.0 Å². The molecule has 94 valence electrons. The molecule has 0 amide bonds. The summed E-state index contributed by atoms with van der Waals surface area (Å²) >= 11 is 1.01. The van der Waals surface area contributed by atoms with Crippen molar-refractivity contribution in [3.05, 3.63) is 42.0 Å². The summed E-state index contributed by atoms with van der Waals surface area (Å²) in [6.45, 7) is 0. The van der Waals surface area contributed by atoms with E-state index in [-0.39, 0.29) is 9.77 Å². The normalized spacial score (nSPS) is 11.4. The molecule has 0 saturated heterocycles. The number of aromatic carboxylic acids is 1. The van der Waals surface area contributed by atoms with Crippen molar-refractivity contribution < 1.29 is 18.3 Å². The van der Waals surface area contributed by atoms with E-state index in [0.29, 0.717) is 10.4 Å². The highest BCUT2D eigenvalue weighted by molar-refractivity contribution is 7.91. The summed E-state index contributed by atoms with van der Waals surface area (Å²) in [5.41, 5.74) is 0.799. The molecule has 0 atom stereocenters. The van der Waals surface area contributed by atoms with Crippen LogP contribution in [0.15, 0.2) is 40.6 Å². The molecule has 0 saturated carbocycles. The molecular formula is C11H9NO4S2. The van der Waals surface area contributed by atoms with Crippen LogP contribution in [0.2, 0.25) is 0 Å². The lowest BCUT2D eigenvalue weighted by atomic mass is 10.1. The maximum atomic E-state index is 11.1. The number of hydrogen-bond acceptors (Lipinski definition) is 4. The van der Waals surface area contributed by atoms with Crippen LogP contribution in [0.3, 0.4) is 0 Å². The van der Waals surface area contributed by atoms with Crippen molar-refractivity contribution in [2.45, 2.75) is 4.21 Å². The number of carbonyl (C=O) groups is 1. The van der Waals surface area contributed by atoms with E-state index >= 15 is 0 Å². The SMILES string of the molecule is NS(=O)(=O)c1ccc(-c2cccc(C(=O)O)c2)s1. The molecule has 0 spiro atoms. The predicted molar refractivity (Wildman–Crippen MR) is 68.1 cm³/mol. The van der Waals surface area contributed by atoms with Gasteiger partial charge in [-0.05, 0) is 29.8 Å². The van der Waals surface area contributed by atoms with Crippen LogP contribution >= 0.6 is 11.3 Å². The van der Waals surface area contributed by atoms with E-state index in [2.05, 4.69) is 0 Å². The molecule has 0 fully saturated rings. The van der Waals surface area contributed by atoms with E-state index in [1.54, 1.807) is 18.2 Å². The lowest BCUT2D eigenvalue weighted by Gasteiger charge is -1.99. The third-order valence-electron chi connectivity index (χ3n) is 2.26. The van der Waals surface area contributed by atoms with Crippen LogP contribution in [0.25, 0.3) is 10.4 Å². The lowest BCUT2D eigenvalue weighted by Crippen LogP contribution is -2.09. The van der Waals surface area contributed by atoms with Gasteiger partial charge in [0.15, 0.2) is 0 Å². The van der Waals surface area contributed by atoms with Gasteiger partial charge in [-0.15, -0.1) is 11.3 Å². The molecule has 1 heterocycles. The Morgan fingerprint density at radius 3 is 2.50 bits per heavy atom. The molecule has 0 aliphatic heterocycles. The molecule has 2 aromatic rings. The van der Waals surface area contributed by atoms with Crippen LogP contribution in [0.1, 0.15) is 10.4 Å². The summed E-state index contributed by atoms with van der Waals surface area (Å²) in [7, 11) is -3.71. The van der Waals surface area contributed by atoms with Crippen LogP contribution in [-0.4, -0.2) is 19.5 Å². The molecule has 1 aromatic heterocycles. The first-order valence-electron chi connectivity index (χ1n) is 4.84. The van der Waals surface area contributed by atoms with E-state index < -0.39 is 16.0 Å². The molecule has 1 aromatic carbocycles. The van der Waals surface area contributed by atoms with Crippen LogP contribution in [0, 0.1) is 0 Å². The first-order valence-corrected chi connectivity index (χ1v) is 7.20. The number of carboxylic acids is 1. The van der Waals surface area contributed by atoms with Crippen molar-refractivity contribution in [3.63, 3.8) is 0 Å². The summed E-state index contributed by atoms with van der Waals surface area (Å²) in [6.07, 6.45) is 0. The standard InChI is InChI=1S/C11H9NO4S2/c12-18(15,16)10-5-4-9(17-10)7-2-1-3-8(6-7)11(13)14/h1-6H,(H,13,14)(H2,12,15,16). The van der Waals surface area contributed by atoms with Crippen molar-refractivity contribution in [3.8, 4) is 10.4 Å². The number of rotatable bonds is 3. The number of benzene rings is 1. The lowest BCUT2D eigenvalue weighted by molar-refractivity contribution is 0.0697. The average Bonchev–Trinajstić information content (AvgIpc) is 2.78. The van der Waals surface area contributed by atoms with Crippen molar-refractivity contribution in [2.75, 3.05) is 0 Å². The summed E-state index contributed by atoms with van der Waals surface area (Å²) in [5.74, 6) is -1.03. The van der Waals surface area contributed by atoms with Gasteiger partial charge in [0.1, 0.15) is 4.21 Å². The first-order chi connectivity index (χ1) is 8.38. The van der Waals surface area contributed by atoms with Gasteiger partial charge >= 0.3 is 5.97 Å². The van der Waals surface area contributed by atoms with Crippen LogP contribution < -0.4 is 5.14 Å². The van der Waals surface area contributed by atoms with E-state index in [9.17, 15) is 13.2 Å². The highest BCUT2D eigenvalue weighted by Crippen LogP contribution is 2.30. The quantitative estimate of drug-likeness (QED) is 0.896. The third-order valence-corrected chi connectivity index (χ3v) is 4.83. The van der Waals surface area contributed by atoms with Crippen molar-refractivity contribution in [1.82, 2.24) is 0 Å². The molecule has 3 N–H and O–H groups in total. The molecule has 0 bridgehead atoms. The monoisotopic (exact) mass is 283 g/mol. The Labute approximate surface area is 108 Å². The van der Waals surface area contributed by atoms with Gasteiger partial charge in [-0.2, -0.15) is 0 Å². The van der Waals surface area contributed by atoms with E-state index in [4.69, 9.17) is 10.2 Å². The molecule has 0 aliphatic carbocycles. The van der Waals surface area contributed by atoms with Crippen molar-refractivity contribution in [1.29, 1.82) is 0 Å². The zero-order chi connectivity index (χ0) is 13.3. The minimum atomic E-state index is -3.71. The van der Waals surface area contributed by atoms with Gasteiger partial charge in [-0.25, -0.2) is 18.4 Å². The predicted octanol–water partition coefficient (Wildman–Crippen LogP) is 1.76. The van der Waals surface area contributed by atoms with Gasteiger partial charge in [0.25, 0.3) is 0 Å². The maximum Gasteiger partial charge on any atom is 0.335 e. The molecule has 18 heavy (non-hydrogen) atoms. The second kappa shape index (κ2) is 4.52. The maximum absolute atomic E-state index is 11.1. The number of thiophene rings is 1. The van der Waals surface area contributed by atoms with Crippen LogP contribution in [0.4, 0.5) is 0 Å². The molecule has 5 nitrogen and oxygen atoms in total. The molecular weight excluding hydrogens is 274 g/mol. The highest BCUT2D eigenvalue weighted by atomic mass is 32.2. The fourth-order valence-electron chi connectivity index (χ4n) is 1.43. The van der Waals surface area contributed by atoms with Gasteiger partial charge in [0.05, 0.1) is 5.56 Å². The summed E-state index contributed by atoms with van der Waals surface area (Å²) in [6, 6.07) is 9.29. The van der Waals surface area contributed by atoms with E-state index in [1.807, 2.05) is 0 Å². The van der Waals surface area contributed by atoms with E-state index in [0.717, 1.165) is 11.3 Å². The third kappa shape index (κ3) is 2.58. The Balaban J connectivity index is 2.46. The number of hydrogen-bond donors (Lipinski definition) is 2. The average molecular weight is 283 g/mol. The van der Waals surface area contributed by atoms with Gasteiger partial charge in [-0.3, -0.25) is 0 Å². The van der Waals surface area contributed by atoms with Crippen molar-refractivity contribution in [2.24, 2.45) is 5.14 Å². The number of nitrogens with two attached hydrogens (primary N) is 1. The Hall–Kier alpha value is -1.70. The minimum Gasteiger partial charge on any atom is -0.478 e. The molecule has 0 radical (unpaired) electrons. The van der Waals surface area contributed by atoms with Gasteiger partial charge in [0, 0.05) is 4.88 Å². The minimum absolute atomic E-state index is 0.0539. The molecule has 0 unspecified atom stereocenters. The summed E-state index contributed by atoms with van der Waals surface area (Å²) in [5, 5.41) is 13.9. The van der Waals surface area contributed by atoms with Gasteiger partial charge < -0.3 is 5.11 Å². The second-order valence-corrected chi connectivity index (χ2v) is 6.42. The first kappa shape index (κ1) is 12.7. The summed E-state index contributed by atoms with van der Waals surface area (Å²) in [4.78, 5) is 11.5. The zero-order valence-corrected chi connectivity index (χ0v) is 10.7. The largest absolute Gasteiger partial charge is 0.478 e. The van der Waals surface area contributed by atoms with Crippen LogP contribution in [0.5, 0.6) is 0 Å². The molecule has 0 aliphatic rings. The number of carboxylic acid groups (broad SMARTS) is 1.